The number of pyridine rings is 1. The van der Waals surface area contributed by atoms with E-state index in [4.69, 9.17) is 9.15 Å². The number of nitrogens with zero attached hydrogens (tertiary/aromatic N) is 3. The van der Waals surface area contributed by atoms with Gasteiger partial charge < -0.3 is 14.1 Å². The van der Waals surface area contributed by atoms with Crippen molar-refractivity contribution in [3.05, 3.63) is 60.1 Å². The van der Waals surface area contributed by atoms with Gasteiger partial charge in [-0.3, -0.25) is 14.7 Å². The van der Waals surface area contributed by atoms with Gasteiger partial charge in [0.25, 0.3) is 5.91 Å². The molecular formula is C22H25N3O3. The third kappa shape index (κ3) is 4.02. The summed E-state index contributed by atoms with van der Waals surface area (Å²) < 4.78 is 11.5. The Morgan fingerprint density at radius 2 is 2.07 bits per heavy atom. The lowest BCUT2D eigenvalue weighted by Crippen LogP contribution is -2.35. The minimum atomic E-state index is -0.0571. The molecule has 0 bridgehead atoms. The Bertz CT molecular complexity index is 939. The lowest BCUT2D eigenvalue weighted by atomic mass is 10.2. The predicted molar refractivity (Wildman–Crippen MR) is 107 cm³/mol. The zero-order valence-electron chi connectivity index (χ0n) is 16.1. The summed E-state index contributed by atoms with van der Waals surface area (Å²) in [6, 6.07) is 13.5. The Labute approximate surface area is 164 Å². The number of carbonyl (C=O) groups excluding carboxylic acids is 1. The standard InChI is InChI=1S/C22H25N3O3/c1-2-27-19-9-5-7-17-15-20(28-21(17)19)22(26)25-12-6-11-24(13-14-25)16-18-8-3-4-10-23-18/h3-5,7-10,15H,2,6,11-14,16H2,1H3. The van der Waals surface area contributed by atoms with Crippen LogP contribution in [-0.4, -0.2) is 53.5 Å². The van der Waals surface area contributed by atoms with Crippen molar-refractivity contribution in [1.29, 1.82) is 0 Å². The summed E-state index contributed by atoms with van der Waals surface area (Å²) in [5, 5.41) is 0.890. The number of hydrogen-bond acceptors (Lipinski definition) is 5. The Hall–Kier alpha value is -2.86. The van der Waals surface area contributed by atoms with Crippen LogP contribution in [0.3, 0.4) is 0 Å². The number of benzene rings is 1. The van der Waals surface area contributed by atoms with Crippen molar-refractivity contribution in [2.45, 2.75) is 19.9 Å². The quantitative estimate of drug-likeness (QED) is 0.678. The molecule has 0 unspecified atom stereocenters. The molecule has 4 rings (SSSR count). The smallest absolute Gasteiger partial charge is 0.289 e. The Morgan fingerprint density at radius 3 is 2.89 bits per heavy atom. The molecule has 0 atom stereocenters. The van der Waals surface area contributed by atoms with Crippen molar-refractivity contribution in [2.24, 2.45) is 0 Å². The zero-order valence-corrected chi connectivity index (χ0v) is 16.1. The van der Waals surface area contributed by atoms with Crippen molar-refractivity contribution in [3.8, 4) is 5.75 Å². The summed E-state index contributed by atoms with van der Waals surface area (Å²) in [5.74, 6) is 0.995. The van der Waals surface area contributed by atoms with E-state index in [9.17, 15) is 4.79 Å². The summed E-state index contributed by atoms with van der Waals surface area (Å²) >= 11 is 0. The average molecular weight is 379 g/mol. The van der Waals surface area contributed by atoms with E-state index < -0.39 is 0 Å². The molecule has 1 amide bonds. The first kappa shape index (κ1) is 18.5. The van der Waals surface area contributed by atoms with Crippen molar-refractivity contribution in [3.63, 3.8) is 0 Å². The Balaban J connectivity index is 1.45. The topological polar surface area (TPSA) is 58.8 Å². The van der Waals surface area contributed by atoms with Crippen LogP contribution < -0.4 is 4.74 Å². The Morgan fingerprint density at radius 1 is 1.14 bits per heavy atom. The SMILES string of the molecule is CCOc1cccc2cc(C(=O)N3CCCN(Cc4ccccn4)CC3)oc12. The molecule has 0 N–H and O–H groups in total. The van der Waals surface area contributed by atoms with Crippen molar-refractivity contribution in [1.82, 2.24) is 14.8 Å². The maximum Gasteiger partial charge on any atom is 0.289 e. The van der Waals surface area contributed by atoms with Gasteiger partial charge >= 0.3 is 0 Å². The molecule has 0 radical (unpaired) electrons. The molecule has 3 aromatic rings. The second kappa shape index (κ2) is 8.44. The van der Waals surface area contributed by atoms with Crippen molar-refractivity contribution >= 4 is 16.9 Å². The van der Waals surface area contributed by atoms with Gasteiger partial charge in [-0.05, 0) is 37.6 Å². The third-order valence-electron chi connectivity index (χ3n) is 5.01. The molecule has 146 valence electrons. The van der Waals surface area contributed by atoms with Gasteiger partial charge in [-0.25, -0.2) is 0 Å². The summed E-state index contributed by atoms with van der Waals surface area (Å²) in [6.45, 7) is 6.49. The number of rotatable bonds is 5. The molecular weight excluding hydrogens is 354 g/mol. The van der Waals surface area contributed by atoms with Crippen LogP contribution in [0.5, 0.6) is 5.75 Å². The minimum absolute atomic E-state index is 0.0571. The number of hydrogen-bond donors (Lipinski definition) is 0. The number of carbonyl (C=O) groups is 1. The minimum Gasteiger partial charge on any atom is -0.490 e. The first-order valence-electron chi connectivity index (χ1n) is 9.81. The van der Waals surface area contributed by atoms with Gasteiger partial charge in [0.15, 0.2) is 17.1 Å². The van der Waals surface area contributed by atoms with Crippen LogP contribution in [-0.2, 0) is 6.54 Å². The second-order valence-corrected chi connectivity index (χ2v) is 6.96. The molecule has 6 heteroatoms. The number of furan rings is 1. The van der Waals surface area contributed by atoms with Gasteiger partial charge in [-0.15, -0.1) is 0 Å². The molecule has 0 saturated carbocycles. The average Bonchev–Trinajstić information content (AvgIpc) is 3.03. The lowest BCUT2D eigenvalue weighted by molar-refractivity contribution is 0.0731. The number of para-hydroxylation sites is 1. The van der Waals surface area contributed by atoms with Gasteiger partial charge in [0, 0.05) is 44.3 Å². The zero-order chi connectivity index (χ0) is 19.3. The number of aromatic nitrogens is 1. The molecule has 2 aromatic heterocycles. The van der Waals surface area contributed by atoms with E-state index in [1.54, 1.807) is 0 Å². The monoisotopic (exact) mass is 379 g/mol. The van der Waals surface area contributed by atoms with Gasteiger partial charge in [0.1, 0.15) is 0 Å². The molecule has 1 aromatic carbocycles. The van der Waals surface area contributed by atoms with Crippen LogP contribution in [0, 0.1) is 0 Å². The van der Waals surface area contributed by atoms with Crippen LogP contribution in [0.1, 0.15) is 29.6 Å². The highest BCUT2D eigenvalue weighted by Crippen LogP contribution is 2.29. The summed E-state index contributed by atoms with van der Waals surface area (Å²) in [6.07, 6.45) is 2.75. The van der Waals surface area contributed by atoms with Crippen molar-refractivity contribution in [2.75, 3.05) is 32.8 Å². The second-order valence-electron chi connectivity index (χ2n) is 6.96. The van der Waals surface area contributed by atoms with E-state index in [-0.39, 0.29) is 5.91 Å². The van der Waals surface area contributed by atoms with Gasteiger partial charge in [0.05, 0.1) is 12.3 Å². The van der Waals surface area contributed by atoms with Crippen LogP contribution >= 0.6 is 0 Å². The predicted octanol–water partition coefficient (Wildman–Crippen LogP) is 3.57. The van der Waals surface area contributed by atoms with E-state index in [1.807, 2.05) is 60.5 Å². The molecule has 0 aliphatic carbocycles. The number of fused-ring (bicyclic) bond motifs is 1. The molecule has 1 aliphatic rings. The number of ether oxygens (including phenoxy) is 1. The van der Waals surface area contributed by atoms with Crippen LogP contribution in [0.2, 0.25) is 0 Å². The van der Waals surface area contributed by atoms with E-state index >= 15 is 0 Å². The van der Waals surface area contributed by atoms with Crippen LogP contribution in [0.4, 0.5) is 0 Å². The van der Waals surface area contributed by atoms with Gasteiger partial charge in [-0.1, -0.05) is 18.2 Å². The molecule has 1 saturated heterocycles. The van der Waals surface area contributed by atoms with Gasteiger partial charge in [-0.2, -0.15) is 0 Å². The molecule has 1 fully saturated rings. The molecule has 0 spiro atoms. The fraction of sp³-hybridized carbons (Fsp3) is 0.364. The summed E-state index contributed by atoms with van der Waals surface area (Å²) in [4.78, 5) is 21.7. The fourth-order valence-corrected chi connectivity index (χ4v) is 3.62. The maximum absolute atomic E-state index is 13.0. The molecule has 6 nitrogen and oxygen atoms in total. The van der Waals surface area contributed by atoms with Gasteiger partial charge in [0.2, 0.25) is 0 Å². The Kier molecular flexibility index (Phi) is 5.58. The highest BCUT2D eigenvalue weighted by Gasteiger charge is 2.24. The van der Waals surface area contributed by atoms with Crippen LogP contribution in [0.15, 0.2) is 53.1 Å². The maximum atomic E-state index is 13.0. The largest absolute Gasteiger partial charge is 0.490 e. The lowest BCUT2D eigenvalue weighted by Gasteiger charge is -2.21. The third-order valence-corrected chi connectivity index (χ3v) is 5.01. The van der Waals surface area contributed by atoms with E-state index in [0.29, 0.717) is 30.2 Å². The summed E-state index contributed by atoms with van der Waals surface area (Å²) in [7, 11) is 0. The molecule has 1 aliphatic heterocycles. The van der Waals surface area contributed by atoms with Crippen molar-refractivity contribution < 1.29 is 13.9 Å². The molecule has 3 heterocycles. The van der Waals surface area contributed by atoms with Crippen LogP contribution in [0.25, 0.3) is 11.0 Å². The highest BCUT2D eigenvalue weighted by molar-refractivity contribution is 5.97. The van der Waals surface area contributed by atoms with E-state index in [1.165, 1.54) is 0 Å². The first-order chi connectivity index (χ1) is 13.7. The van der Waals surface area contributed by atoms with E-state index in [0.717, 1.165) is 43.7 Å². The first-order valence-corrected chi connectivity index (χ1v) is 9.81. The number of amides is 1. The normalized spacial score (nSPS) is 15.5. The fourth-order valence-electron chi connectivity index (χ4n) is 3.62. The van der Waals surface area contributed by atoms with E-state index in [2.05, 4.69) is 9.88 Å². The molecule has 28 heavy (non-hydrogen) atoms. The highest BCUT2D eigenvalue weighted by atomic mass is 16.5. The summed E-state index contributed by atoms with van der Waals surface area (Å²) in [5.41, 5.74) is 1.70.